The summed E-state index contributed by atoms with van der Waals surface area (Å²) in [5, 5.41) is 0. The Morgan fingerprint density at radius 3 is 2.58 bits per heavy atom. The number of nitrogens with zero attached hydrogens (tertiary/aromatic N) is 1. The number of hydrogen-bond acceptors (Lipinski definition) is 2. The van der Waals surface area contributed by atoms with Gasteiger partial charge in [0.1, 0.15) is 5.75 Å². The number of likely N-dealkylation sites (tertiary alicyclic amines) is 1. The third-order valence-corrected chi connectivity index (χ3v) is 5.29. The largest absolute Gasteiger partial charge is 0.496 e. The number of fused-ring (bicyclic) bond motifs is 2. The number of piperidine rings is 1. The van der Waals surface area contributed by atoms with E-state index in [1.165, 1.54) is 44.3 Å². The van der Waals surface area contributed by atoms with E-state index in [2.05, 4.69) is 31.0 Å². The van der Waals surface area contributed by atoms with Crippen LogP contribution in [0.2, 0.25) is 0 Å². The van der Waals surface area contributed by atoms with Crippen LogP contribution in [-0.4, -0.2) is 32.1 Å². The molecule has 1 fully saturated rings. The first kappa shape index (κ1) is 13.0. The molecule has 1 saturated heterocycles. The Balaban J connectivity index is 2.07. The fraction of sp³-hybridized carbons (Fsp3) is 0.647. The lowest BCUT2D eigenvalue weighted by Gasteiger charge is -2.39. The Kier molecular flexibility index (Phi) is 3.30. The quantitative estimate of drug-likeness (QED) is 0.809. The maximum Gasteiger partial charge on any atom is 0.122 e. The summed E-state index contributed by atoms with van der Waals surface area (Å²) in [6, 6.07) is 4.47. The topological polar surface area (TPSA) is 12.5 Å². The second kappa shape index (κ2) is 4.82. The summed E-state index contributed by atoms with van der Waals surface area (Å²) in [4.78, 5) is 2.47. The first-order chi connectivity index (χ1) is 9.20. The van der Waals surface area contributed by atoms with Crippen molar-refractivity contribution in [1.82, 2.24) is 4.90 Å². The second-order valence-electron chi connectivity index (χ2n) is 6.22. The van der Waals surface area contributed by atoms with E-state index in [4.69, 9.17) is 4.74 Å². The van der Waals surface area contributed by atoms with E-state index >= 15 is 0 Å². The molecule has 0 N–H and O–H groups in total. The Hall–Kier alpha value is -1.02. The zero-order chi connectivity index (χ0) is 13.5. The molecule has 0 unspecified atom stereocenters. The van der Waals surface area contributed by atoms with Crippen LogP contribution >= 0.6 is 0 Å². The second-order valence-corrected chi connectivity index (χ2v) is 6.22. The van der Waals surface area contributed by atoms with Crippen LogP contribution in [-0.2, 0) is 18.3 Å². The predicted octanol–water partition coefficient (Wildman–Crippen LogP) is 3.17. The molecule has 1 aliphatic heterocycles. The van der Waals surface area contributed by atoms with E-state index in [0.717, 1.165) is 12.2 Å². The fourth-order valence-corrected chi connectivity index (χ4v) is 4.11. The highest BCUT2D eigenvalue weighted by Gasteiger charge is 2.42. The molecule has 1 spiro atoms. The van der Waals surface area contributed by atoms with Crippen LogP contribution in [0.25, 0.3) is 0 Å². The summed E-state index contributed by atoms with van der Waals surface area (Å²) in [5.74, 6) is 1.11. The van der Waals surface area contributed by atoms with Gasteiger partial charge in [0.25, 0.3) is 0 Å². The van der Waals surface area contributed by atoms with E-state index < -0.39 is 0 Å². The van der Waals surface area contributed by atoms with Gasteiger partial charge < -0.3 is 9.64 Å². The molecule has 104 valence electrons. The van der Waals surface area contributed by atoms with Crippen molar-refractivity contribution in [1.29, 1.82) is 0 Å². The van der Waals surface area contributed by atoms with E-state index in [1.54, 1.807) is 18.2 Å². The molecular weight excluding hydrogens is 234 g/mol. The number of aryl methyl sites for hydroxylation is 1. The van der Waals surface area contributed by atoms with Gasteiger partial charge in [-0.1, -0.05) is 13.0 Å². The normalized spacial score (nSPS) is 21.6. The van der Waals surface area contributed by atoms with Crippen LogP contribution < -0.4 is 4.74 Å². The van der Waals surface area contributed by atoms with Crippen LogP contribution in [0.15, 0.2) is 12.1 Å². The van der Waals surface area contributed by atoms with Gasteiger partial charge in [0.15, 0.2) is 0 Å². The van der Waals surface area contributed by atoms with Gasteiger partial charge in [0.05, 0.1) is 7.11 Å². The van der Waals surface area contributed by atoms with Gasteiger partial charge in [-0.2, -0.15) is 0 Å². The van der Waals surface area contributed by atoms with Crippen molar-refractivity contribution in [2.75, 3.05) is 27.2 Å². The van der Waals surface area contributed by atoms with E-state index in [-0.39, 0.29) is 0 Å². The monoisotopic (exact) mass is 259 g/mol. The van der Waals surface area contributed by atoms with Crippen molar-refractivity contribution in [2.24, 2.45) is 0 Å². The van der Waals surface area contributed by atoms with Crippen molar-refractivity contribution >= 4 is 0 Å². The maximum absolute atomic E-state index is 5.60. The molecule has 1 aromatic carbocycles. The van der Waals surface area contributed by atoms with Gasteiger partial charge in [-0.3, -0.25) is 0 Å². The molecule has 2 nitrogen and oxygen atoms in total. The molecular formula is C17H25NO. The molecule has 19 heavy (non-hydrogen) atoms. The van der Waals surface area contributed by atoms with Crippen LogP contribution in [0, 0.1) is 0 Å². The standard InChI is InChI=1S/C17H25NO/c1-4-13-5-6-15(19-3)14-7-8-17(16(13)14)9-11-18(2)12-10-17/h5-6H,4,7-12H2,1-3H3. The average molecular weight is 259 g/mol. The predicted molar refractivity (Wildman–Crippen MR) is 79.1 cm³/mol. The highest BCUT2D eigenvalue weighted by molar-refractivity contribution is 5.53. The number of benzene rings is 1. The summed E-state index contributed by atoms with van der Waals surface area (Å²) in [5.41, 5.74) is 5.16. The van der Waals surface area contributed by atoms with Crippen molar-refractivity contribution in [3.8, 4) is 5.75 Å². The summed E-state index contributed by atoms with van der Waals surface area (Å²) in [6.07, 6.45) is 6.30. The Bertz CT molecular complexity index is 472. The minimum absolute atomic E-state index is 0.446. The van der Waals surface area contributed by atoms with Crippen molar-refractivity contribution < 1.29 is 4.74 Å². The zero-order valence-electron chi connectivity index (χ0n) is 12.5. The Morgan fingerprint density at radius 2 is 1.95 bits per heavy atom. The number of methoxy groups -OCH3 is 1. The molecule has 0 radical (unpaired) electrons. The maximum atomic E-state index is 5.60. The molecule has 0 aromatic heterocycles. The molecule has 1 aliphatic carbocycles. The third kappa shape index (κ3) is 1.97. The summed E-state index contributed by atoms with van der Waals surface area (Å²) in [6.45, 7) is 4.75. The highest BCUT2D eigenvalue weighted by Crippen LogP contribution is 2.50. The van der Waals surface area contributed by atoms with Crippen molar-refractivity contribution in [3.63, 3.8) is 0 Å². The van der Waals surface area contributed by atoms with Gasteiger partial charge in [0, 0.05) is 0 Å². The lowest BCUT2D eigenvalue weighted by Crippen LogP contribution is -2.40. The van der Waals surface area contributed by atoms with E-state index in [0.29, 0.717) is 5.41 Å². The van der Waals surface area contributed by atoms with Crippen LogP contribution in [0.4, 0.5) is 0 Å². The molecule has 0 atom stereocenters. The number of rotatable bonds is 2. The van der Waals surface area contributed by atoms with Crippen LogP contribution in [0.1, 0.15) is 42.9 Å². The van der Waals surface area contributed by atoms with Crippen molar-refractivity contribution in [2.45, 2.75) is 44.4 Å². The molecule has 1 heterocycles. The van der Waals surface area contributed by atoms with E-state index in [9.17, 15) is 0 Å². The Morgan fingerprint density at radius 1 is 1.21 bits per heavy atom. The van der Waals surface area contributed by atoms with Crippen LogP contribution in [0.5, 0.6) is 5.75 Å². The molecule has 1 aromatic rings. The van der Waals surface area contributed by atoms with Crippen LogP contribution in [0.3, 0.4) is 0 Å². The molecule has 0 saturated carbocycles. The smallest absolute Gasteiger partial charge is 0.122 e. The molecule has 2 heteroatoms. The number of ether oxygens (including phenoxy) is 1. The zero-order valence-corrected chi connectivity index (χ0v) is 12.5. The minimum Gasteiger partial charge on any atom is -0.496 e. The van der Waals surface area contributed by atoms with Crippen molar-refractivity contribution in [3.05, 3.63) is 28.8 Å². The first-order valence-electron chi connectivity index (χ1n) is 7.58. The van der Waals surface area contributed by atoms with Gasteiger partial charge in [0.2, 0.25) is 0 Å². The average Bonchev–Trinajstić information content (AvgIpc) is 2.81. The third-order valence-electron chi connectivity index (χ3n) is 5.29. The summed E-state index contributed by atoms with van der Waals surface area (Å²) in [7, 11) is 4.05. The fourth-order valence-electron chi connectivity index (χ4n) is 4.11. The van der Waals surface area contributed by atoms with Gasteiger partial charge in [-0.25, -0.2) is 0 Å². The van der Waals surface area contributed by atoms with Gasteiger partial charge in [-0.15, -0.1) is 0 Å². The molecule has 0 bridgehead atoms. The lowest BCUT2D eigenvalue weighted by atomic mass is 9.72. The number of hydrogen-bond donors (Lipinski definition) is 0. The highest BCUT2D eigenvalue weighted by atomic mass is 16.5. The minimum atomic E-state index is 0.446. The van der Waals surface area contributed by atoms with Gasteiger partial charge in [-0.05, 0) is 80.4 Å². The molecule has 3 rings (SSSR count). The first-order valence-corrected chi connectivity index (χ1v) is 7.58. The lowest BCUT2D eigenvalue weighted by molar-refractivity contribution is 0.186. The molecule has 2 aliphatic rings. The molecule has 0 amide bonds. The summed E-state index contributed by atoms with van der Waals surface area (Å²) >= 11 is 0. The SMILES string of the molecule is CCc1ccc(OC)c2c1C1(CC2)CCN(C)CC1. The van der Waals surface area contributed by atoms with E-state index in [1.807, 2.05) is 0 Å². The summed E-state index contributed by atoms with van der Waals surface area (Å²) < 4.78 is 5.60. The van der Waals surface area contributed by atoms with Gasteiger partial charge >= 0.3 is 0 Å². The Labute approximate surface area is 116 Å².